The molecule has 5 rings (SSSR count). The number of aromatic nitrogens is 2. The minimum atomic E-state index is -0.0381. The first kappa shape index (κ1) is 18.1. The second-order valence-electron chi connectivity index (χ2n) is 8.46. The van der Waals surface area contributed by atoms with Gasteiger partial charge in [0.05, 0.1) is 0 Å². The smallest absolute Gasteiger partial charge is 0.251 e. The summed E-state index contributed by atoms with van der Waals surface area (Å²) in [5.41, 5.74) is 2.84. The summed E-state index contributed by atoms with van der Waals surface area (Å²) in [5, 5.41) is 2.89. The van der Waals surface area contributed by atoms with Crippen LogP contribution in [0.1, 0.15) is 37.3 Å². The summed E-state index contributed by atoms with van der Waals surface area (Å²) in [6, 6.07) is 7.56. The molecule has 0 radical (unpaired) electrons. The topological polar surface area (TPSA) is 84.3 Å². The first-order chi connectivity index (χ1) is 14.1. The van der Waals surface area contributed by atoms with Crippen molar-refractivity contribution >= 4 is 11.8 Å². The first-order valence-corrected chi connectivity index (χ1v) is 10.3. The van der Waals surface area contributed by atoms with Crippen LogP contribution in [0.2, 0.25) is 0 Å². The molecule has 0 aromatic carbocycles. The lowest BCUT2D eigenvalue weighted by Crippen LogP contribution is -2.50. The molecule has 0 unspecified atom stereocenters. The van der Waals surface area contributed by atoms with Crippen LogP contribution in [0, 0.1) is 5.92 Å². The molecule has 2 bridgehead atoms. The molecule has 5 heterocycles. The van der Waals surface area contributed by atoms with E-state index in [4.69, 9.17) is 0 Å². The molecule has 2 aromatic rings. The molecule has 3 aliphatic heterocycles. The zero-order valence-corrected chi connectivity index (χ0v) is 16.2. The second-order valence-corrected chi connectivity index (χ2v) is 8.46. The Morgan fingerprint density at radius 1 is 1.17 bits per heavy atom. The highest BCUT2D eigenvalue weighted by Gasteiger charge is 2.37. The zero-order valence-electron chi connectivity index (χ0n) is 16.2. The Morgan fingerprint density at radius 2 is 2.07 bits per heavy atom. The van der Waals surface area contributed by atoms with Gasteiger partial charge >= 0.3 is 0 Å². The highest BCUT2D eigenvalue weighted by Crippen LogP contribution is 2.36. The average molecular weight is 392 g/mol. The van der Waals surface area contributed by atoms with Gasteiger partial charge in [0.25, 0.3) is 5.56 Å². The third kappa shape index (κ3) is 3.45. The average Bonchev–Trinajstić information content (AvgIpc) is 3.13. The predicted molar refractivity (Wildman–Crippen MR) is 107 cm³/mol. The van der Waals surface area contributed by atoms with E-state index >= 15 is 0 Å². The van der Waals surface area contributed by atoms with Crippen molar-refractivity contribution in [3.63, 3.8) is 0 Å². The van der Waals surface area contributed by atoms with E-state index in [1.165, 1.54) is 0 Å². The molecule has 2 aromatic heterocycles. The maximum absolute atomic E-state index is 12.9. The van der Waals surface area contributed by atoms with Gasteiger partial charge < -0.3 is 14.8 Å². The van der Waals surface area contributed by atoms with Crippen molar-refractivity contribution in [2.75, 3.05) is 13.1 Å². The molecule has 0 spiro atoms. The van der Waals surface area contributed by atoms with Crippen molar-refractivity contribution in [1.82, 2.24) is 19.8 Å². The number of hydrogen-bond donors (Lipinski definition) is 1. The fraction of sp³-hybridized carbons (Fsp3) is 0.455. The molecule has 3 atom stereocenters. The molecule has 29 heavy (non-hydrogen) atoms. The van der Waals surface area contributed by atoms with Gasteiger partial charge in [-0.15, -0.1) is 0 Å². The summed E-state index contributed by atoms with van der Waals surface area (Å²) in [5.74, 6) is 0.597. The Hall–Kier alpha value is -2.96. The molecule has 150 valence electrons. The second kappa shape index (κ2) is 7.13. The Balaban J connectivity index is 1.39. The molecule has 7 nitrogen and oxygen atoms in total. The number of piperidine rings is 1. The van der Waals surface area contributed by atoms with Crippen LogP contribution in [-0.4, -0.2) is 45.4 Å². The van der Waals surface area contributed by atoms with Gasteiger partial charge in [-0.25, -0.2) is 0 Å². The fourth-order valence-corrected chi connectivity index (χ4v) is 5.03. The standard InChI is InChI=1S/C22H24N4O3/c27-20-4-3-18(24-20)9-21(28)25-11-14-6-17(13-25)19-7-16(8-22(29)26(19)12-14)15-2-1-5-23-10-15/h1-2,5,7-8,10,14,17-18H,3-4,6,9,11-13H2,(H,24,27)/t14-,17+,18+/m0/s1. The number of pyridine rings is 2. The fourth-order valence-electron chi connectivity index (χ4n) is 5.03. The van der Waals surface area contributed by atoms with Crippen molar-refractivity contribution in [2.45, 2.75) is 44.2 Å². The van der Waals surface area contributed by atoms with Crippen LogP contribution in [0.25, 0.3) is 11.1 Å². The van der Waals surface area contributed by atoms with Gasteiger partial charge in [-0.1, -0.05) is 6.07 Å². The van der Waals surface area contributed by atoms with Gasteiger partial charge in [0.2, 0.25) is 11.8 Å². The number of likely N-dealkylation sites (tertiary alicyclic amines) is 1. The van der Waals surface area contributed by atoms with Crippen LogP contribution in [0.3, 0.4) is 0 Å². The third-order valence-corrected chi connectivity index (χ3v) is 6.41. The van der Waals surface area contributed by atoms with Gasteiger partial charge in [0.1, 0.15) is 0 Å². The number of amides is 2. The predicted octanol–water partition coefficient (Wildman–Crippen LogP) is 1.52. The summed E-state index contributed by atoms with van der Waals surface area (Å²) in [6.07, 6.45) is 6.10. The quantitative estimate of drug-likeness (QED) is 0.859. The number of rotatable bonds is 3. The Morgan fingerprint density at radius 3 is 2.83 bits per heavy atom. The van der Waals surface area contributed by atoms with E-state index in [1.54, 1.807) is 18.5 Å². The number of carbonyl (C=O) groups excluding carboxylic acids is 2. The number of carbonyl (C=O) groups is 2. The number of nitrogens with one attached hydrogen (secondary N) is 1. The highest BCUT2D eigenvalue weighted by molar-refractivity contribution is 5.82. The van der Waals surface area contributed by atoms with Crippen molar-refractivity contribution in [3.05, 3.63) is 52.7 Å². The van der Waals surface area contributed by atoms with Crippen LogP contribution in [-0.2, 0) is 16.1 Å². The van der Waals surface area contributed by atoms with Gasteiger partial charge in [-0.05, 0) is 36.5 Å². The maximum Gasteiger partial charge on any atom is 0.251 e. The molecule has 7 heteroatoms. The van der Waals surface area contributed by atoms with Gasteiger partial charge in [-0.2, -0.15) is 0 Å². The van der Waals surface area contributed by atoms with Crippen molar-refractivity contribution < 1.29 is 9.59 Å². The zero-order chi connectivity index (χ0) is 20.0. The molecule has 2 fully saturated rings. The summed E-state index contributed by atoms with van der Waals surface area (Å²) in [6.45, 7) is 1.97. The summed E-state index contributed by atoms with van der Waals surface area (Å²) in [4.78, 5) is 43.2. The number of hydrogen-bond acceptors (Lipinski definition) is 4. The van der Waals surface area contributed by atoms with E-state index in [2.05, 4.69) is 16.4 Å². The minimum absolute atomic E-state index is 0.0181. The van der Waals surface area contributed by atoms with Crippen LogP contribution >= 0.6 is 0 Å². The Bertz CT molecular complexity index is 1020. The van der Waals surface area contributed by atoms with E-state index in [1.807, 2.05) is 21.6 Å². The van der Waals surface area contributed by atoms with Gasteiger partial charge in [0.15, 0.2) is 0 Å². The SMILES string of the molecule is O=C1CC[C@H](CC(=O)N2C[C@@H]3C[C@H](C2)c2cc(-c4cccnc4)cc(=O)n2C3)N1. The van der Waals surface area contributed by atoms with Gasteiger partial charge in [0, 0.05) is 74.2 Å². The lowest BCUT2D eigenvalue weighted by molar-refractivity contribution is -0.134. The van der Waals surface area contributed by atoms with Crippen LogP contribution in [0.4, 0.5) is 0 Å². The molecule has 0 saturated carbocycles. The van der Waals surface area contributed by atoms with Crippen molar-refractivity contribution in [2.24, 2.45) is 5.92 Å². The van der Waals surface area contributed by atoms with Crippen LogP contribution in [0.5, 0.6) is 0 Å². The number of nitrogens with zero attached hydrogens (tertiary/aromatic N) is 3. The highest BCUT2D eigenvalue weighted by atomic mass is 16.2. The van der Waals surface area contributed by atoms with E-state index in [0.29, 0.717) is 38.4 Å². The largest absolute Gasteiger partial charge is 0.353 e. The maximum atomic E-state index is 12.9. The van der Waals surface area contributed by atoms with E-state index in [9.17, 15) is 14.4 Å². The molecule has 0 aliphatic carbocycles. The van der Waals surface area contributed by atoms with Crippen LogP contribution < -0.4 is 10.9 Å². The minimum Gasteiger partial charge on any atom is -0.353 e. The van der Waals surface area contributed by atoms with E-state index in [-0.39, 0.29) is 29.3 Å². The first-order valence-electron chi connectivity index (χ1n) is 10.3. The molecular weight excluding hydrogens is 368 g/mol. The monoisotopic (exact) mass is 392 g/mol. The molecule has 2 amide bonds. The van der Waals surface area contributed by atoms with E-state index in [0.717, 1.165) is 29.7 Å². The Kier molecular flexibility index (Phi) is 4.45. The third-order valence-electron chi connectivity index (χ3n) is 6.41. The van der Waals surface area contributed by atoms with Crippen molar-refractivity contribution in [1.29, 1.82) is 0 Å². The lowest BCUT2D eigenvalue weighted by Gasteiger charge is -2.43. The Labute approximate surface area is 168 Å². The van der Waals surface area contributed by atoms with Crippen molar-refractivity contribution in [3.8, 4) is 11.1 Å². The normalized spacial score (nSPS) is 25.4. The summed E-state index contributed by atoms with van der Waals surface area (Å²) >= 11 is 0. The molecule has 2 saturated heterocycles. The number of fused-ring (bicyclic) bond motifs is 4. The molecule has 1 N–H and O–H groups in total. The molecule has 3 aliphatic rings. The summed E-state index contributed by atoms with van der Waals surface area (Å²) in [7, 11) is 0. The van der Waals surface area contributed by atoms with E-state index < -0.39 is 0 Å². The molecular formula is C22H24N4O3. The lowest BCUT2D eigenvalue weighted by atomic mass is 9.82. The summed E-state index contributed by atoms with van der Waals surface area (Å²) < 4.78 is 1.89. The van der Waals surface area contributed by atoms with Crippen LogP contribution in [0.15, 0.2) is 41.5 Å². The van der Waals surface area contributed by atoms with Gasteiger partial charge in [-0.3, -0.25) is 19.4 Å².